The zero-order chi connectivity index (χ0) is 17.9. The van der Waals surface area contributed by atoms with Gasteiger partial charge in [-0.05, 0) is 38.0 Å². The van der Waals surface area contributed by atoms with Crippen LogP contribution < -0.4 is 5.32 Å². The van der Waals surface area contributed by atoms with E-state index in [4.69, 9.17) is 0 Å². The monoisotopic (exact) mass is 378 g/mol. The summed E-state index contributed by atoms with van der Waals surface area (Å²) in [6.45, 7) is 3.09. The van der Waals surface area contributed by atoms with E-state index in [1.54, 1.807) is 9.69 Å². The van der Waals surface area contributed by atoms with Crippen LogP contribution >= 0.6 is 11.3 Å². The highest BCUT2D eigenvalue weighted by Gasteiger charge is 2.27. The van der Waals surface area contributed by atoms with Crippen molar-refractivity contribution in [3.8, 4) is 0 Å². The van der Waals surface area contributed by atoms with Crippen molar-refractivity contribution in [1.82, 2.24) is 4.31 Å². The van der Waals surface area contributed by atoms with Crippen LogP contribution in [0.25, 0.3) is 0 Å². The molecule has 1 amide bonds. The lowest BCUT2D eigenvalue weighted by atomic mass is 10.2. The maximum atomic E-state index is 12.8. The lowest BCUT2D eigenvalue weighted by Crippen LogP contribution is -2.31. The van der Waals surface area contributed by atoms with E-state index in [9.17, 15) is 13.2 Å². The average molecular weight is 379 g/mol. The van der Waals surface area contributed by atoms with E-state index in [0.717, 1.165) is 42.6 Å². The summed E-state index contributed by atoms with van der Waals surface area (Å²) in [7, 11) is -3.51. The number of hydrogen-bond donors (Lipinski definition) is 1. The van der Waals surface area contributed by atoms with Gasteiger partial charge in [-0.15, -0.1) is 11.3 Å². The van der Waals surface area contributed by atoms with Gasteiger partial charge in [0.2, 0.25) is 10.0 Å². The number of aryl methyl sites for hydroxylation is 1. The first-order valence-electron chi connectivity index (χ1n) is 8.43. The molecule has 0 atom stereocenters. The fourth-order valence-electron chi connectivity index (χ4n) is 2.83. The second-order valence-electron chi connectivity index (χ2n) is 6.29. The average Bonchev–Trinajstić information content (AvgIpc) is 2.93. The van der Waals surface area contributed by atoms with E-state index in [0.29, 0.717) is 23.7 Å². The molecule has 5 nitrogen and oxygen atoms in total. The van der Waals surface area contributed by atoms with E-state index in [1.165, 1.54) is 6.07 Å². The number of carbonyl (C=O) groups is 1. The summed E-state index contributed by atoms with van der Waals surface area (Å²) in [4.78, 5) is 13.0. The van der Waals surface area contributed by atoms with Crippen molar-refractivity contribution < 1.29 is 13.2 Å². The molecule has 0 unspecified atom stereocenters. The Kier molecular flexibility index (Phi) is 5.56. The highest BCUT2D eigenvalue weighted by molar-refractivity contribution is 7.89. The zero-order valence-electron chi connectivity index (χ0n) is 14.2. The number of rotatable bonds is 4. The fraction of sp³-hybridized carbons (Fsp3) is 0.389. The Morgan fingerprint density at radius 1 is 1.08 bits per heavy atom. The second kappa shape index (κ2) is 7.68. The summed E-state index contributed by atoms with van der Waals surface area (Å²) >= 11 is 1.16. The molecular weight excluding hydrogens is 356 g/mol. The van der Waals surface area contributed by atoms with Crippen molar-refractivity contribution in [2.24, 2.45) is 0 Å². The molecule has 0 spiro atoms. The molecule has 1 N–H and O–H groups in total. The molecule has 3 rings (SSSR count). The van der Waals surface area contributed by atoms with E-state index >= 15 is 0 Å². The van der Waals surface area contributed by atoms with Crippen LogP contribution in [0.5, 0.6) is 0 Å². The van der Waals surface area contributed by atoms with E-state index in [2.05, 4.69) is 5.32 Å². The Labute approximate surface area is 152 Å². The molecule has 7 heteroatoms. The lowest BCUT2D eigenvalue weighted by Gasteiger charge is -2.18. The third-order valence-electron chi connectivity index (χ3n) is 4.31. The van der Waals surface area contributed by atoms with Crippen molar-refractivity contribution >= 4 is 33.0 Å². The Balaban J connectivity index is 1.74. The topological polar surface area (TPSA) is 66.5 Å². The molecular formula is C18H22N2O3S2. The predicted octanol–water partition coefficient (Wildman–Crippen LogP) is 3.87. The number of amides is 1. The highest BCUT2D eigenvalue weighted by atomic mass is 32.2. The molecule has 0 saturated carbocycles. The summed E-state index contributed by atoms with van der Waals surface area (Å²) < 4.78 is 27.1. The van der Waals surface area contributed by atoms with Crippen LogP contribution in [0.3, 0.4) is 0 Å². The number of carbonyl (C=O) groups excluding carboxylic acids is 1. The fourth-order valence-corrected chi connectivity index (χ4v) is 5.51. The zero-order valence-corrected chi connectivity index (χ0v) is 15.8. The summed E-state index contributed by atoms with van der Waals surface area (Å²) in [6, 6.07) is 8.97. The molecule has 1 aliphatic heterocycles. The van der Waals surface area contributed by atoms with E-state index in [1.807, 2.05) is 31.2 Å². The predicted molar refractivity (Wildman–Crippen MR) is 101 cm³/mol. The molecule has 2 heterocycles. The number of thiophene rings is 1. The Morgan fingerprint density at radius 3 is 2.36 bits per heavy atom. The minimum Gasteiger partial charge on any atom is -0.321 e. The smallest absolute Gasteiger partial charge is 0.265 e. The van der Waals surface area contributed by atoms with E-state index < -0.39 is 10.0 Å². The molecule has 1 aromatic heterocycles. The summed E-state index contributed by atoms with van der Waals surface area (Å²) in [5, 5.41) is 4.36. The first kappa shape index (κ1) is 18.1. The van der Waals surface area contributed by atoms with Crippen LogP contribution in [0.2, 0.25) is 0 Å². The number of sulfonamides is 1. The summed E-state index contributed by atoms with van der Waals surface area (Å²) in [6.07, 6.45) is 3.92. The van der Waals surface area contributed by atoms with Crippen molar-refractivity contribution in [3.05, 3.63) is 46.2 Å². The van der Waals surface area contributed by atoms with Crippen LogP contribution in [0.15, 0.2) is 40.6 Å². The van der Waals surface area contributed by atoms with E-state index in [-0.39, 0.29) is 10.8 Å². The maximum Gasteiger partial charge on any atom is 0.265 e. The molecule has 0 bridgehead atoms. The summed E-state index contributed by atoms with van der Waals surface area (Å²) in [5.74, 6) is -0.286. The molecule has 0 radical (unpaired) electrons. The quantitative estimate of drug-likeness (QED) is 0.878. The van der Waals surface area contributed by atoms with Crippen molar-refractivity contribution in [2.45, 2.75) is 37.5 Å². The third kappa shape index (κ3) is 4.29. The summed E-state index contributed by atoms with van der Waals surface area (Å²) in [5.41, 5.74) is 1.81. The number of hydrogen-bond acceptors (Lipinski definition) is 4. The first-order valence-corrected chi connectivity index (χ1v) is 10.8. The molecule has 25 heavy (non-hydrogen) atoms. The lowest BCUT2D eigenvalue weighted by molar-refractivity contribution is 0.103. The van der Waals surface area contributed by atoms with Gasteiger partial charge in [0.25, 0.3) is 5.91 Å². The minimum atomic E-state index is -3.51. The minimum absolute atomic E-state index is 0.216. The van der Waals surface area contributed by atoms with Crippen LogP contribution in [0, 0.1) is 6.92 Å². The number of nitrogens with zero attached hydrogens (tertiary/aromatic N) is 1. The number of benzene rings is 1. The molecule has 1 aliphatic rings. The largest absolute Gasteiger partial charge is 0.321 e. The molecule has 1 fully saturated rings. The van der Waals surface area contributed by atoms with Gasteiger partial charge in [0.05, 0.1) is 9.77 Å². The Hall–Kier alpha value is -1.70. The van der Waals surface area contributed by atoms with Crippen LogP contribution in [0.4, 0.5) is 5.69 Å². The molecule has 0 aliphatic carbocycles. The molecule has 134 valence electrons. The van der Waals surface area contributed by atoms with Crippen LogP contribution in [0.1, 0.15) is 40.9 Å². The standard InChI is InChI=1S/C18H22N2O3S2/c1-14-6-8-15(9-7-14)19-18(21)17-12-16(13-24-17)25(22,23)20-10-4-2-3-5-11-20/h6-9,12-13H,2-5,10-11H2,1H3,(H,19,21). The van der Waals surface area contributed by atoms with Gasteiger partial charge in [-0.2, -0.15) is 4.31 Å². The number of nitrogens with one attached hydrogen (secondary N) is 1. The Morgan fingerprint density at radius 2 is 1.72 bits per heavy atom. The van der Waals surface area contributed by atoms with Gasteiger partial charge >= 0.3 is 0 Å². The molecule has 1 aromatic carbocycles. The van der Waals surface area contributed by atoms with Crippen molar-refractivity contribution in [1.29, 1.82) is 0 Å². The first-order chi connectivity index (χ1) is 12.0. The van der Waals surface area contributed by atoms with Gasteiger partial charge in [0.1, 0.15) is 0 Å². The van der Waals surface area contributed by atoms with Gasteiger partial charge < -0.3 is 5.32 Å². The van der Waals surface area contributed by atoms with Gasteiger partial charge in [0, 0.05) is 24.2 Å². The SMILES string of the molecule is Cc1ccc(NC(=O)c2cc(S(=O)(=O)N3CCCCCC3)cs2)cc1. The highest BCUT2D eigenvalue weighted by Crippen LogP contribution is 2.25. The molecule has 2 aromatic rings. The normalized spacial score (nSPS) is 16.4. The third-order valence-corrected chi connectivity index (χ3v) is 7.27. The second-order valence-corrected chi connectivity index (χ2v) is 9.13. The number of anilines is 1. The van der Waals surface area contributed by atoms with Gasteiger partial charge in [-0.25, -0.2) is 8.42 Å². The van der Waals surface area contributed by atoms with Crippen LogP contribution in [-0.2, 0) is 10.0 Å². The van der Waals surface area contributed by atoms with Crippen LogP contribution in [-0.4, -0.2) is 31.7 Å². The molecule has 1 saturated heterocycles. The van der Waals surface area contributed by atoms with Gasteiger partial charge in [-0.3, -0.25) is 4.79 Å². The van der Waals surface area contributed by atoms with Crippen molar-refractivity contribution in [2.75, 3.05) is 18.4 Å². The maximum absolute atomic E-state index is 12.8. The van der Waals surface area contributed by atoms with Gasteiger partial charge in [0.15, 0.2) is 0 Å². The Bertz CT molecular complexity index is 833. The van der Waals surface area contributed by atoms with Crippen molar-refractivity contribution in [3.63, 3.8) is 0 Å². The van der Waals surface area contributed by atoms with Gasteiger partial charge in [-0.1, -0.05) is 30.5 Å².